The highest BCUT2D eigenvalue weighted by atomic mass is 16.3. The van der Waals surface area contributed by atoms with Gasteiger partial charge in [-0.3, -0.25) is 14.4 Å². The molecule has 0 aromatic carbocycles. The van der Waals surface area contributed by atoms with E-state index in [-0.39, 0.29) is 42.7 Å². The Kier molecular flexibility index (Phi) is 8.70. The molecule has 2 aliphatic carbocycles. The molecule has 0 spiro atoms. The van der Waals surface area contributed by atoms with Gasteiger partial charge in [0.05, 0.1) is 12.2 Å². The van der Waals surface area contributed by atoms with E-state index in [2.05, 4.69) is 30.6 Å². The van der Waals surface area contributed by atoms with Crippen molar-refractivity contribution in [2.45, 2.75) is 70.6 Å². The van der Waals surface area contributed by atoms with E-state index in [0.29, 0.717) is 30.1 Å². The molecule has 4 rings (SSSR count). The van der Waals surface area contributed by atoms with Crippen LogP contribution in [0, 0.1) is 35.5 Å². The van der Waals surface area contributed by atoms with Crippen molar-refractivity contribution in [1.82, 2.24) is 10.6 Å². The van der Waals surface area contributed by atoms with Crippen molar-refractivity contribution in [1.29, 1.82) is 0 Å². The van der Waals surface area contributed by atoms with E-state index in [9.17, 15) is 29.7 Å². The van der Waals surface area contributed by atoms with Crippen molar-refractivity contribution in [3.05, 3.63) is 47.8 Å². The molecule has 0 saturated heterocycles. The molecular formula is C29H40N2O6. The summed E-state index contributed by atoms with van der Waals surface area (Å²) in [7, 11) is 0. The van der Waals surface area contributed by atoms with Gasteiger partial charge in [-0.2, -0.15) is 0 Å². The lowest BCUT2D eigenvalue weighted by atomic mass is 9.76. The Morgan fingerprint density at radius 2 is 1.81 bits per heavy atom. The number of fused-ring (bicyclic) bond motifs is 4. The van der Waals surface area contributed by atoms with Crippen molar-refractivity contribution in [3.8, 4) is 0 Å². The summed E-state index contributed by atoms with van der Waals surface area (Å²) in [4.78, 5) is 37.2. The van der Waals surface area contributed by atoms with E-state index < -0.39 is 35.7 Å². The van der Waals surface area contributed by atoms with Gasteiger partial charge < -0.3 is 26.0 Å². The van der Waals surface area contributed by atoms with Gasteiger partial charge in [0, 0.05) is 19.0 Å². The Labute approximate surface area is 218 Å². The zero-order chi connectivity index (χ0) is 26.7. The van der Waals surface area contributed by atoms with E-state index in [1.807, 2.05) is 6.08 Å². The Morgan fingerprint density at radius 1 is 1.03 bits per heavy atom. The molecule has 5 N–H and O–H groups in total. The molecule has 9 atom stereocenters. The maximum absolute atomic E-state index is 12.7. The van der Waals surface area contributed by atoms with Crippen molar-refractivity contribution >= 4 is 17.6 Å². The third kappa shape index (κ3) is 5.75. The third-order valence-corrected chi connectivity index (χ3v) is 9.01. The Morgan fingerprint density at radius 3 is 2.57 bits per heavy atom. The number of allylic oxidation sites excluding steroid dienone is 4. The topological polar surface area (TPSA) is 136 Å². The molecule has 4 aliphatic rings. The average molecular weight is 513 g/mol. The highest BCUT2D eigenvalue weighted by molar-refractivity contribution is 6.21. The molecule has 8 heteroatoms. The number of hydrogen-bond acceptors (Lipinski definition) is 6. The number of aliphatic hydroxyl groups excluding tert-OH is 3. The summed E-state index contributed by atoms with van der Waals surface area (Å²) >= 11 is 0. The first kappa shape index (κ1) is 27.3. The minimum atomic E-state index is -1.16. The van der Waals surface area contributed by atoms with Crippen molar-refractivity contribution in [2.75, 3.05) is 6.54 Å². The molecule has 37 heavy (non-hydrogen) atoms. The lowest BCUT2D eigenvalue weighted by molar-refractivity contribution is -0.122. The van der Waals surface area contributed by atoms with Crippen LogP contribution >= 0.6 is 0 Å². The predicted molar refractivity (Wildman–Crippen MR) is 139 cm³/mol. The minimum Gasteiger partial charge on any atom is -0.509 e. The number of hydrogen-bond donors (Lipinski definition) is 5. The minimum absolute atomic E-state index is 0.0858. The van der Waals surface area contributed by atoms with E-state index >= 15 is 0 Å². The molecule has 8 nitrogen and oxygen atoms in total. The van der Waals surface area contributed by atoms with E-state index in [4.69, 9.17) is 0 Å². The van der Waals surface area contributed by atoms with Crippen molar-refractivity contribution in [2.24, 2.45) is 35.5 Å². The monoisotopic (exact) mass is 512 g/mol. The average Bonchev–Trinajstić information content (AvgIpc) is 3.48. The molecule has 2 bridgehead atoms. The van der Waals surface area contributed by atoms with Gasteiger partial charge in [0.2, 0.25) is 5.91 Å². The number of aliphatic hydroxyl groups is 3. The molecule has 2 amide bonds. The largest absolute Gasteiger partial charge is 0.509 e. The molecule has 2 saturated carbocycles. The van der Waals surface area contributed by atoms with Crippen LogP contribution in [0.5, 0.6) is 0 Å². The second-order valence-electron chi connectivity index (χ2n) is 11.1. The smallest absolute Gasteiger partial charge is 0.259 e. The number of carbonyl (C=O) groups is 3. The SMILES string of the molecule is CCC1CC2CC3/C=C\C=C\C(=O)NCCC(O)C4NC(=O)C(=C4O)C(=O)C/C=C/CC(O)C3C2C1C. The van der Waals surface area contributed by atoms with Gasteiger partial charge in [-0.1, -0.05) is 50.6 Å². The van der Waals surface area contributed by atoms with E-state index in [0.717, 1.165) is 12.8 Å². The van der Waals surface area contributed by atoms with Gasteiger partial charge in [0.25, 0.3) is 5.91 Å². The first-order valence-corrected chi connectivity index (χ1v) is 13.6. The van der Waals surface area contributed by atoms with Gasteiger partial charge in [-0.15, -0.1) is 0 Å². The van der Waals surface area contributed by atoms with Gasteiger partial charge in [-0.05, 0) is 61.2 Å². The highest BCUT2D eigenvalue weighted by Gasteiger charge is 2.52. The molecule has 0 aromatic heterocycles. The fraction of sp³-hybridized carbons (Fsp3) is 0.621. The summed E-state index contributed by atoms with van der Waals surface area (Å²) in [5.41, 5.74) is -0.343. The van der Waals surface area contributed by atoms with Gasteiger partial charge in [0.15, 0.2) is 5.78 Å². The van der Waals surface area contributed by atoms with Crippen LogP contribution in [-0.2, 0) is 14.4 Å². The Bertz CT molecular complexity index is 1010. The first-order valence-electron chi connectivity index (χ1n) is 13.6. The fourth-order valence-electron chi connectivity index (χ4n) is 7.21. The van der Waals surface area contributed by atoms with E-state index in [1.54, 1.807) is 18.2 Å². The summed E-state index contributed by atoms with van der Waals surface area (Å²) in [6, 6.07) is -1.09. The number of Topliss-reactive ketones (excluding diaryl/α,β-unsaturated/α-hetero) is 1. The zero-order valence-electron chi connectivity index (χ0n) is 21.7. The maximum atomic E-state index is 12.7. The molecular weight excluding hydrogens is 472 g/mol. The maximum Gasteiger partial charge on any atom is 0.259 e. The van der Waals surface area contributed by atoms with Crippen molar-refractivity contribution in [3.63, 3.8) is 0 Å². The number of carbonyl (C=O) groups excluding carboxylic acids is 3. The van der Waals surface area contributed by atoms with Crippen LogP contribution in [0.15, 0.2) is 47.8 Å². The molecule has 202 valence electrons. The molecule has 2 fully saturated rings. The van der Waals surface area contributed by atoms with Crippen LogP contribution in [0.1, 0.15) is 52.4 Å². The summed E-state index contributed by atoms with van der Waals surface area (Å²) < 4.78 is 0. The molecule has 2 heterocycles. The van der Waals surface area contributed by atoms with Crippen LogP contribution < -0.4 is 10.6 Å². The van der Waals surface area contributed by atoms with Crippen LogP contribution in [0.25, 0.3) is 0 Å². The second-order valence-corrected chi connectivity index (χ2v) is 11.1. The quantitative estimate of drug-likeness (QED) is 0.271. The first-order chi connectivity index (χ1) is 17.7. The fourth-order valence-corrected chi connectivity index (χ4v) is 7.21. The molecule has 0 aromatic rings. The number of ketones is 1. The summed E-state index contributed by atoms with van der Waals surface area (Å²) in [5.74, 6) is 0.459. The third-order valence-electron chi connectivity index (χ3n) is 9.01. The van der Waals surface area contributed by atoms with E-state index in [1.165, 1.54) is 12.5 Å². The van der Waals surface area contributed by atoms with Gasteiger partial charge >= 0.3 is 0 Å². The standard InChI is InChI=1S/C29H40N2O6/c1-3-17-14-19-15-18-8-4-7-11-23(35)30-13-12-22(34)27-28(36)26(29(37)31-27)21(33)10-6-5-9-20(32)25(18)24(19)16(17)2/h4-8,11,16-20,22,24-25,27,32,34,36H,3,9-10,12-15H2,1-2H3,(H,30,35)(H,31,37)/b6-5+,8-4-,11-7+. The lowest BCUT2D eigenvalue weighted by Gasteiger charge is -2.31. The van der Waals surface area contributed by atoms with Crippen molar-refractivity contribution < 1.29 is 29.7 Å². The van der Waals surface area contributed by atoms with Crippen LogP contribution in [0.3, 0.4) is 0 Å². The Hall–Kier alpha value is -2.71. The summed E-state index contributed by atoms with van der Waals surface area (Å²) in [6.07, 6.45) is 12.6. The summed E-state index contributed by atoms with van der Waals surface area (Å²) in [6.45, 7) is 4.68. The number of amides is 2. The van der Waals surface area contributed by atoms with Crippen LogP contribution in [0.4, 0.5) is 0 Å². The van der Waals surface area contributed by atoms with Crippen LogP contribution in [-0.4, -0.2) is 57.7 Å². The summed E-state index contributed by atoms with van der Waals surface area (Å²) in [5, 5.41) is 37.3. The van der Waals surface area contributed by atoms with Gasteiger partial charge in [-0.25, -0.2) is 0 Å². The molecule has 9 unspecified atom stereocenters. The second kappa shape index (κ2) is 11.8. The Balaban J connectivity index is 1.56. The highest BCUT2D eigenvalue weighted by Crippen LogP contribution is 2.57. The van der Waals surface area contributed by atoms with Gasteiger partial charge in [0.1, 0.15) is 17.4 Å². The van der Waals surface area contributed by atoms with Crippen LogP contribution in [0.2, 0.25) is 0 Å². The molecule has 2 aliphatic heterocycles. The lowest BCUT2D eigenvalue weighted by Crippen LogP contribution is -2.41. The number of rotatable bonds is 1. The predicted octanol–water partition coefficient (Wildman–Crippen LogP) is 2.49. The zero-order valence-corrected chi connectivity index (χ0v) is 21.7. The molecule has 0 radical (unpaired) electrons. The number of nitrogens with one attached hydrogen (secondary N) is 2. The normalized spacial score (nSPS) is 41.9.